The molecule has 0 radical (unpaired) electrons. The zero-order chi connectivity index (χ0) is 14.6. The fourth-order valence-corrected chi connectivity index (χ4v) is 5.44. The molecule has 0 saturated heterocycles. The summed E-state index contributed by atoms with van der Waals surface area (Å²) in [7, 11) is -2.46. The van der Waals surface area contributed by atoms with Crippen molar-refractivity contribution in [3.63, 3.8) is 0 Å². The summed E-state index contributed by atoms with van der Waals surface area (Å²) >= 11 is 0. The molecule has 116 valence electrons. The summed E-state index contributed by atoms with van der Waals surface area (Å²) in [5, 5.41) is 0. The maximum absolute atomic E-state index is 6.11. The molecule has 0 aromatic carbocycles. The van der Waals surface area contributed by atoms with Crippen LogP contribution in [0, 0.1) is 5.92 Å². The van der Waals surface area contributed by atoms with Crippen LogP contribution in [0.1, 0.15) is 66.7 Å². The van der Waals surface area contributed by atoms with Crippen LogP contribution < -0.4 is 0 Å². The summed E-state index contributed by atoms with van der Waals surface area (Å²) in [6, 6.07) is 0.972. The second-order valence-corrected chi connectivity index (χ2v) is 7.76. The van der Waals surface area contributed by atoms with Crippen molar-refractivity contribution in [3.8, 4) is 0 Å². The van der Waals surface area contributed by atoms with E-state index in [0.717, 1.165) is 45.1 Å². The van der Waals surface area contributed by atoms with Crippen LogP contribution in [0.15, 0.2) is 0 Å². The molecule has 0 aromatic heterocycles. The molecule has 0 saturated carbocycles. The number of hydrogen-bond acceptors (Lipinski definition) is 3. The maximum Gasteiger partial charge on any atom is 0.501 e. The predicted molar refractivity (Wildman–Crippen MR) is 83.4 cm³/mol. The van der Waals surface area contributed by atoms with Crippen molar-refractivity contribution in [1.82, 2.24) is 0 Å². The molecule has 0 aliphatic rings. The largest absolute Gasteiger partial charge is 0.501 e. The molecule has 19 heavy (non-hydrogen) atoms. The van der Waals surface area contributed by atoms with Crippen LogP contribution in [0.5, 0.6) is 0 Å². The molecule has 0 N–H and O–H groups in total. The van der Waals surface area contributed by atoms with Crippen molar-refractivity contribution in [2.24, 2.45) is 5.92 Å². The third-order valence-corrected chi connectivity index (χ3v) is 6.28. The van der Waals surface area contributed by atoms with Crippen molar-refractivity contribution in [2.75, 3.05) is 19.8 Å². The highest BCUT2D eigenvalue weighted by Gasteiger charge is 2.42. The van der Waals surface area contributed by atoms with Crippen molar-refractivity contribution in [1.29, 1.82) is 0 Å². The van der Waals surface area contributed by atoms with Crippen LogP contribution in [-0.4, -0.2) is 28.6 Å². The van der Waals surface area contributed by atoms with E-state index in [1.54, 1.807) is 0 Å². The lowest BCUT2D eigenvalue weighted by atomic mass is 10.1. The van der Waals surface area contributed by atoms with Crippen molar-refractivity contribution in [2.45, 2.75) is 72.8 Å². The standard InChI is InChI=1S/C15H34O3Si/c1-6-11-16-19(17-12-7-2,18-13-8-3)14-15(9-4)10-5/h15H,6-14H2,1-5H3. The monoisotopic (exact) mass is 290 g/mol. The summed E-state index contributed by atoms with van der Waals surface area (Å²) in [6.45, 7) is 13.1. The molecule has 0 atom stereocenters. The molecule has 3 nitrogen and oxygen atoms in total. The second-order valence-electron chi connectivity index (χ2n) is 5.12. The van der Waals surface area contributed by atoms with Gasteiger partial charge in [0.25, 0.3) is 0 Å². The van der Waals surface area contributed by atoms with Crippen LogP contribution in [-0.2, 0) is 13.3 Å². The van der Waals surface area contributed by atoms with Crippen molar-refractivity contribution in [3.05, 3.63) is 0 Å². The molecular formula is C15H34O3Si. The van der Waals surface area contributed by atoms with Gasteiger partial charge in [-0.25, -0.2) is 0 Å². The van der Waals surface area contributed by atoms with E-state index < -0.39 is 8.80 Å². The van der Waals surface area contributed by atoms with E-state index in [2.05, 4.69) is 34.6 Å². The van der Waals surface area contributed by atoms with Gasteiger partial charge in [-0.05, 0) is 25.2 Å². The van der Waals surface area contributed by atoms with E-state index in [4.69, 9.17) is 13.3 Å². The quantitative estimate of drug-likeness (QED) is 0.462. The molecule has 0 amide bonds. The Labute approximate surface area is 121 Å². The van der Waals surface area contributed by atoms with Gasteiger partial charge in [0, 0.05) is 25.9 Å². The van der Waals surface area contributed by atoms with Gasteiger partial charge in [0.1, 0.15) is 0 Å². The molecule has 0 rings (SSSR count). The normalized spacial score (nSPS) is 12.3. The smallest absolute Gasteiger partial charge is 0.373 e. The summed E-state index contributed by atoms with van der Waals surface area (Å²) in [6.07, 6.45) is 5.39. The van der Waals surface area contributed by atoms with E-state index in [1.165, 1.54) is 12.8 Å². The van der Waals surface area contributed by atoms with Gasteiger partial charge in [0.2, 0.25) is 0 Å². The van der Waals surface area contributed by atoms with E-state index in [0.29, 0.717) is 5.92 Å². The first-order valence-corrected chi connectivity index (χ1v) is 10.0. The van der Waals surface area contributed by atoms with Gasteiger partial charge in [-0.1, -0.05) is 47.5 Å². The highest BCUT2D eigenvalue weighted by molar-refractivity contribution is 6.60. The lowest BCUT2D eigenvalue weighted by molar-refractivity contribution is 0.0548. The average molecular weight is 291 g/mol. The third kappa shape index (κ3) is 8.08. The Kier molecular flexibility index (Phi) is 11.9. The molecule has 0 spiro atoms. The SMILES string of the molecule is CCCO[Si](CC(CC)CC)(OCCC)OCCC. The first kappa shape index (κ1) is 19.1. The first-order chi connectivity index (χ1) is 9.17. The van der Waals surface area contributed by atoms with Gasteiger partial charge in [0.05, 0.1) is 0 Å². The maximum atomic E-state index is 6.11. The van der Waals surface area contributed by atoms with Gasteiger partial charge < -0.3 is 13.3 Å². The Morgan fingerprint density at radius 1 is 0.684 bits per heavy atom. The van der Waals surface area contributed by atoms with Crippen molar-refractivity contribution < 1.29 is 13.3 Å². The van der Waals surface area contributed by atoms with Gasteiger partial charge in [-0.3, -0.25) is 0 Å². The topological polar surface area (TPSA) is 27.7 Å². The molecule has 4 heteroatoms. The molecule has 0 bridgehead atoms. The first-order valence-electron chi connectivity index (χ1n) is 8.09. The Bertz CT molecular complexity index is 174. The Morgan fingerprint density at radius 2 is 1.05 bits per heavy atom. The van der Waals surface area contributed by atoms with Gasteiger partial charge in [-0.2, -0.15) is 0 Å². The van der Waals surface area contributed by atoms with E-state index in [-0.39, 0.29) is 0 Å². The molecule has 0 aliphatic carbocycles. The zero-order valence-corrected chi connectivity index (χ0v) is 14.7. The Balaban J connectivity index is 4.74. The van der Waals surface area contributed by atoms with E-state index in [1.807, 2.05) is 0 Å². The average Bonchev–Trinajstić information content (AvgIpc) is 2.45. The summed E-state index contributed by atoms with van der Waals surface area (Å²) in [5.41, 5.74) is 0. The Morgan fingerprint density at radius 3 is 1.32 bits per heavy atom. The molecule has 0 aliphatic heterocycles. The minimum absolute atomic E-state index is 0.650. The minimum atomic E-state index is -2.46. The molecule has 0 heterocycles. The molecule has 0 unspecified atom stereocenters. The van der Waals surface area contributed by atoms with E-state index >= 15 is 0 Å². The van der Waals surface area contributed by atoms with Crippen molar-refractivity contribution >= 4 is 8.80 Å². The van der Waals surface area contributed by atoms with Crippen LogP contribution in [0.3, 0.4) is 0 Å². The van der Waals surface area contributed by atoms with Crippen LogP contribution >= 0.6 is 0 Å². The third-order valence-electron chi connectivity index (χ3n) is 3.27. The van der Waals surface area contributed by atoms with Crippen LogP contribution in [0.4, 0.5) is 0 Å². The second kappa shape index (κ2) is 11.9. The Hall–Kier alpha value is 0.0969. The highest BCUT2D eigenvalue weighted by Crippen LogP contribution is 2.26. The zero-order valence-electron chi connectivity index (χ0n) is 13.7. The lowest BCUT2D eigenvalue weighted by Crippen LogP contribution is -2.48. The van der Waals surface area contributed by atoms with Gasteiger partial charge in [-0.15, -0.1) is 0 Å². The van der Waals surface area contributed by atoms with Crippen LogP contribution in [0.25, 0.3) is 0 Å². The lowest BCUT2D eigenvalue weighted by Gasteiger charge is -2.32. The van der Waals surface area contributed by atoms with Gasteiger partial charge in [0.15, 0.2) is 0 Å². The summed E-state index contributed by atoms with van der Waals surface area (Å²) < 4.78 is 18.3. The fraction of sp³-hybridized carbons (Fsp3) is 1.00. The molecular weight excluding hydrogens is 256 g/mol. The van der Waals surface area contributed by atoms with Crippen LogP contribution in [0.2, 0.25) is 6.04 Å². The molecule has 0 aromatic rings. The highest BCUT2D eigenvalue weighted by atomic mass is 28.4. The van der Waals surface area contributed by atoms with E-state index in [9.17, 15) is 0 Å². The predicted octanol–water partition coefficient (Wildman–Crippen LogP) is 4.64. The molecule has 0 fully saturated rings. The summed E-state index contributed by atoms with van der Waals surface area (Å²) in [5.74, 6) is 0.650. The van der Waals surface area contributed by atoms with Gasteiger partial charge >= 0.3 is 8.80 Å². The fourth-order valence-electron chi connectivity index (χ4n) is 2.01. The number of rotatable bonds is 13. The number of hydrogen-bond donors (Lipinski definition) is 0. The minimum Gasteiger partial charge on any atom is -0.373 e. The summed E-state index contributed by atoms with van der Waals surface area (Å²) in [4.78, 5) is 0.